The lowest BCUT2D eigenvalue weighted by molar-refractivity contribution is 0.0698. The minimum Gasteiger partial charge on any atom is -0.478 e. The molecule has 21 heavy (non-hydrogen) atoms. The molecule has 1 aromatic carbocycles. The van der Waals surface area contributed by atoms with Crippen LogP contribution in [0.2, 0.25) is 10.0 Å². The first-order valence-electron chi connectivity index (χ1n) is 6.53. The molecule has 2 rings (SSSR count). The van der Waals surface area contributed by atoms with Crippen LogP contribution in [0.1, 0.15) is 37.0 Å². The summed E-state index contributed by atoms with van der Waals surface area (Å²) in [5.74, 6) is -1.20. The molecule has 2 N–H and O–H groups in total. The van der Waals surface area contributed by atoms with Crippen molar-refractivity contribution in [1.82, 2.24) is 4.90 Å². The van der Waals surface area contributed by atoms with E-state index in [2.05, 4.69) is 5.32 Å². The van der Waals surface area contributed by atoms with Gasteiger partial charge in [-0.25, -0.2) is 9.59 Å². The Bertz CT molecular complexity index is 602. The summed E-state index contributed by atoms with van der Waals surface area (Å²) in [6, 6.07) is 2.31. The van der Waals surface area contributed by atoms with Crippen LogP contribution >= 0.6 is 23.2 Å². The zero-order valence-corrected chi connectivity index (χ0v) is 13.3. The van der Waals surface area contributed by atoms with Gasteiger partial charge >= 0.3 is 12.0 Å². The van der Waals surface area contributed by atoms with E-state index in [4.69, 9.17) is 23.2 Å². The number of hydrogen-bond donors (Lipinski definition) is 2. The quantitative estimate of drug-likeness (QED) is 0.857. The fourth-order valence-corrected chi connectivity index (χ4v) is 3.07. The summed E-state index contributed by atoms with van der Waals surface area (Å²) in [5.41, 5.74) is -0.314. The number of nitrogens with one attached hydrogen (secondary N) is 1. The number of anilines is 1. The minimum absolute atomic E-state index is 0.0706. The van der Waals surface area contributed by atoms with Crippen molar-refractivity contribution in [2.45, 2.75) is 32.2 Å². The molecule has 0 aromatic heterocycles. The maximum atomic E-state index is 12.4. The van der Waals surface area contributed by atoms with Crippen LogP contribution in [-0.2, 0) is 0 Å². The predicted octanol–water partition coefficient (Wildman–Crippen LogP) is 4.10. The van der Waals surface area contributed by atoms with E-state index in [1.54, 1.807) is 4.90 Å². The van der Waals surface area contributed by atoms with Crippen LogP contribution < -0.4 is 5.32 Å². The Labute approximate surface area is 132 Å². The van der Waals surface area contributed by atoms with E-state index >= 15 is 0 Å². The number of nitrogens with zero attached hydrogens (tertiary/aromatic N) is 1. The number of rotatable bonds is 2. The minimum atomic E-state index is -1.20. The van der Waals surface area contributed by atoms with Gasteiger partial charge in [-0.1, -0.05) is 23.2 Å². The molecule has 0 saturated carbocycles. The predicted molar refractivity (Wildman–Crippen MR) is 82.5 cm³/mol. The van der Waals surface area contributed by atoms with Gasteiger partial charge in [0.25, 0.3) is 0 Å². The fraction of sp³-hybridized carbons (Fsp3) is 0.429. The lowest BCUT2D eigenvalue weighted by Crippen LogP contribution is -2.45. The summed E-state index contributed by atoms with van der Waals surface area (Å²) in [6.07, 6.45) is 1.82. The van der Waals surface area contributed by atoms with Gasteiger partial charge < -0.3 is 15.3 Å². The first-order chi connectivity index (χ1) is 9.72. The Kier molecular flexibility index (Phi) is 4.35. The van der Waals surface area contributed by atoms with Crippen molar-refractivity contribution in [2.24, 2.45) is 0 Å². The number of halogens is 2. The molecule has 7 heteroatoms. The van der Waals surface area contributed by atoms with Crippen molar-refractivity contribution in [3.8, 4) is 0 Å². The number of amides is 2. The van der Waals surface area contributed by atoms with E-state index in [-0.39, 0.29) is 32.9 Å². The lowest BCUT2D eigenvalue weighted by atomic mass is 10.0. The average molecular weight is 331 g/mol. The largest absolute Gasteiger partial charge is 0.478 e. The third kappa shape index (κ3) is 3.24. The topological polar surface area (TPSA) is 69.6 Å². The van der Waals surface area contributed by atoms with E-state index < -0.39 is 5.97 Å². The molecule has 1 saturated heterocycles. The van der Waals surface area contributed by atoms with E-state index in [9.17, 15) is 14.7 Å². The highest BCUT2D eigenvalue weighted by molar-refractivity contribution is 6.37. The average Bonchev–Trinajstić information content (AvgIpc) is 2.71. The molecular weight excluding hydrogens is 315 g/mol. The van der Waals surface area contributed by atoms with Crippen LogP contribution in [0.3, 0.4) is 0 Å². The number of likely N-dealkylation sites (tertiary alicyclic amines) is 1. The Morgan fingerprint density at radius 1 is 1.33 bits per heavy atom. The van der Waals surface area contributed by atoms with Gasteiger partial charge in [0.1, 0.15) is 0 Å². The Hall–Kier alpha value is -1.46. The van der Waals surface area contributed by atoms with Crippen molar-refractivity contribution in [2.75, 3.05) is 11.9 Å². The normalized spacial score (nSPS) is 16.9. The second-order valence-corrected chi connectivity index (χ2v) is 6.46. The lowest BCUT2D eigenvalue weighted by Gasteiger charge is -2.31. The first-order valence-corrected chi connectivity index (χ1v) is 7.29. The van der Waals surface area contributed by atoms with Crippen LogP contribution in [0, 0.1) is 0 Å². The fourth-order valence-electron chi connectivity index (χ4n) is 2.53. The number of carboxylic acid groups (broad SMARTS) is 1. The molecule has 1 aliphatic heterocycles. The van der Waals surface area contributed by atoms with E-state index in [0.717, 1.165) is 12.8 Å². The van der Waals surface area contributed by atoms with Gasteiger partial charge in [0.05, 0.1) is 16.3 Å². The number of urea groups is 1. The summed E-state index contributed by atoms with van der Waals surface area (Å²) >= 11 is 11.8. The van der Waals surface area contributed by atoms with Crippen LogP contribution in [0.5, 0.6) is 0 Å². The molecule has 0 unspecified atom stereocenters. The molecule has 1 aromatic rings. The highest BCUT2D eigenvalue weighted by atomic mass is 35.5. The molecule has 0 radical (unpaired) electrons. The molecule has 0 bridgehead atoms. The van der Waals surface area contributed by atoms with Crippen molar-refractivity contribution in [3.05, 3.63) is 27.7 Å². The summed E-state index contributed by atoms with van der Waals surface area (Å²) in [5, 5.41) is 12.1. The highest BCUT2D eigenvalue weighted by Gasteiger charge is 2.36. The third-order valence-corrected chi connectivity index (χ3v) is 4.18. The highest BCUT2D eigenvalue weighted by Crippen LogP contribution is 2.33. The molecule has 1 heterocycles. The molecule has 0 atom stereocenters. The molecule has 1 aliphatic rings. The Balaban J connectivity index is 2.31. The Morgan fingerprint density at radius 3 is 2.52 bits per heavy atom. The van der Waals surface area contributed by atoms with E-state index in [1.807, 2.05) is 13.8 Å². The number of aromatic carboxylic acids is 1. The SMILES string of the molecule is CC1(C)CCCN1C(=O)Nc1c(Cl)cc(Cl)cc1C(=O)O. The second kappa shape index (κ2) is 5.73. The zero-order chi connectivity index (χ0) is 15.8. The van der Waals surface area contributed by atoms with Gasteiger partial charge in [-0.15, -0.1) is 0 Å². The van der Waals surface area contributed by atoms with Gasteiger partial charge in [0.15, 0.2) is 0 Å². The van der Waals surface area contributed by atoms with Crippen molar-refractivity contribution in [3.63, 3.8) is 0 Å². The molecule has 1 fully saturated rings. The van der Waals surface area contributed by atoms with Crippen molar-refractivity contribution >= 4 is 40.9 Å². The summed E-state index contributed by atoms with van der Waals surface area (Å²) in [7, 11) is 0. The number of carboxylic acids is 1. The van der Waals surface area contributed by atoms with Crippen molar-refractivity contribution in [1.29, 1.82) is 0 Å². The zero-order valence-electron chi connectivity index (χ0n) is 11.7. The summed E-state index contributed by atoms with van der Waals surface area (Å²) < 4.78 is 0. The monoisotopic (exact) mass is 330 g/mol. The molecule has 114 valence electrons. The van der Waals surface area contributed by atoms with E-state index in [1.165, 1.54) is 12.1 Å². The maximum Gasteiger partial charge on any atom is 0.337 e. The number of carbonyl (C=O) groups is 2. The summed E-state index contributed by atoms with van der Waals surface area (Å²) in [4.78, 5) is 25.3. The molecular formula is C14H16Cl2N2O3. The number of carbonyl (C=O) groups excluding carboxylic acids is 1. The smallest absolute Gasteiger partial charge is 0.337 e. The molecule has 0 aliphatic carbocycles. The van der Waals surface area contributed by atoms with Crippen LogP contribution in [-0.4, -0.2) is 34.1 Å². The summed E-state index contributed by atoms with van der Waals surface area (Å²) in [6.45, 7) is 4.58. The standard InChI is InChI=1S/C14H16Cl2N2O3/c1-14(2)4-3-5-18(14)13(21)17-11-9(12(19)20)6-8(15)7-10(11)16/h6-7H,3-5H2,1-2H3,(H,17,21)(H,19,20). The molecule has 5 nitrogen and oxygen atoms in total. The van der Waals surface area contributed by atoms with Crippen LogP contribution in [0.4, 0.5) is 10.5 Å². The third-order valence-electron chi connectivity index (χ3n) is 3.66. The van der Waals surface area contributed by atoms with Gasteiger partial charge in [0, 0.05) is 17.1 Å². The second-order valence-electron chi connectivity index (χ2n) is 5.61. The van der Waals surface area contributed by atoms with E-state index in [0.29, 0.717) is 6.54 Å². The number of benzene rings is 1. The molecule has 0 spiro atoms. The van der Waals surface area contributed by atoms with Gasteiger partial charge in [-0.3, -0.25) is 0 Å². The molecule has 2 amide bonds. The van der Waals surface area contributed by atoms with Crippen LogP contribution in [0.15, 0.2) is 12.1 Å². The van der Waals surface area contributed by atoms with Crippen LogP contribution in [0.25, 0.3) is 0 Å². The number of hydrogen-bond acceptors (Lipinski definition) is 2. The van der Waals surface area contributed by atoms with Crippen molar-refractivity contribution < 1.29 is 14.7 Å². The first kappa shape index (κ1) is 15.9. The van der Waals surface area contributed by atoms with Gasteiger partial charge in [-0.05, 0) is 38.8 Å². The Morgan fingerprint density at radius 2 is 2.00 bits per heavy atom. The van der Waals surface area contributed by atoms with Gasteiger partial charge in [-0.2, -0.15) is 0 Å². The van der Waals surface area contributed by atoms with Gasteiger partial charge in [0.2, 0.25) is 0 Å². The maximum absolute atomic E-state index is 12.4.